The third kappa shape index (κ3) is 2.51. The van der Waals surface area contributed by atoms with Crippen molar-refractivity contribution in [2.45, 2.75) is 6.92 Å². The van der Waals surface area contributed by atoms with Crippen LogP contribution in [0.3, 0.4) is 0 Å². The molecule has 0 N–H and O–H groups in total. The summed E-state index contributed by atoms with van der Waals surface area (Å²) < 4.78 is 6.96. The van der Waals surface area contributed by atoms with Crippen LogP contribution in [0.4, 0.5) is 0 Å². The number of ether oxygens (including phenoxy) is 1. The Bertz CT molecular complexity index is 460. The molecule has 82 valence electrons. The van der Waals surface area contributed by atoms with Crippen molar-refractivity contribution in [2.75, 3.05) is 6.61 Å². The van der Waals surface area contributed by atoms with Crippen molar-refractivity contribution in [1.29, 1.82) is 0 Å². The minimum Gasteiger partial charge on any atom is -0.501 e. The molecule has 1 aromatic heterocycles. The summed E-state index contributed by atoms with van der Waals surface area (Å²) in [6, 6.07) is 12.0. The van der Waals surface area contributed by atoms with Gasteiger partial charge in [-0.1, -0.05) is 18.2 Å². The average Bonchev–Trinajstić information content (AvgIpc) is 2.79. The van der Waals surface area contributed by atoms with E-state index < -0.39 is 0 Å². The molecular formula is C13H14N2O. The van der Waals surface area contributed by atoms with Crippen molar-refractivity contribution in [2.24, 2.45) is 0 Å². The molecule has 2 aromatic rings. The molecular weight excluding hydrogens is 200 g/mol. The van der Waals surface area contributed by atoms with Gasteiger partial charge in [0.2, 0.25) is 0 Å². The fraction of sp³-hybridized carbons (Fsp3) is 0.154. The first-order valence-corrected chi connectivity index (χ1v) is 5.29. The maximum absolute atomic E-state index is 5.12. The maximum Gasteiger partial charge on any atom is 0.0885 e. The highest BCUT2D eigenvalue weighted by Gasteiger charge is 1.97. The number of benzene rings is 1. The molecule has 1 heterocycles. The van der Waals surface area contributed by atoms with Crippen LogP contribution in [0.25, 0.3) is 11.8 Å². The number of rotatable bonds is 4. The molecule has 3 nitrogen and oxygen atoms in total. The Kier molecular flexibility index (Phi) is 3.38. The monoisotopic (exact) mass is 214 g/mol. The van der Waals surface area contributed by atoms with Gasteiger partial charge in [0.15, 0.2) is 0 Å². The van der Waals surface area contributed by atoms with Crippen LogP contribution in [0.1, 0.15) is 12.6 Å². The van der Waals surface area contributed by atoms with Gasteiger partial charge in [0.1, 0.15) is 0 Å². The lowest BCUT2D eigenvalue weighted by atomic mass is 10.3. The van der Waals surface area contributed by atoms with Crippen molar-refractivity contribution in [3.05, 3.63) is 54.6 Å². The van der Waals surface area contributed by atoms with Gasteiger partial charge in [0.25, 0.3) is 0 Å². The Morgan fingerprint density at radius 1 is 1.25 bits per heavy atom. The number of nitrogens with zero attached hydrogens (tertiary/aromatic N) is 2. The highest BCUT2D eigenvalue weighted by Crippen LogP contribution is 2.07. The van der Waals surface area contributed by atoms with Gasteiger partial charge in [-0.3, -0.25) is 0 Å². The van der Waals surface area contributed by atoms with Crippen LogP contribution >= 0.6 is 0 Å². The molecule has 0 spiro atoms. The van der Waals surface area contributed by atoms with E-state index in [9.17, 15) is 0 Å². The van der Waals surface area contributed by atoms with Crippen molar-refractivity contribution in [3.8, 4) is 5.69 Å². The molecule has 0 saturated carbocycles. The smallest absolute Gasteiger partial charge is 0.0885 e. The SMILES string of the molecule is CCOC=Cc1ccn(-c2ccccc2)n1. The lowest BCUT2D eigenvalue weighted by Crippen LogP contribution is -1.93. The van der Waals surface area contributed by atoms with E-state index in [4.69, 9.17) is 4.74 Å². The van der Waals surface area contributed by atoms with E-state index in [1.165, 1.54) is 0 Å². The van der Waals surface area contributed by atoms with Crippen LogP contribution in [0.2, 0.25) is 0 Å². The quantitative estimate of drug-likeness (QED) is 0.732. The van der Waals surface area contributed by atoms with Gasteiger partial charge in [-0.05, 0) is 25.1 Å². The first-order chi connectivity index (χ1) is 7.90. The third-order valence-corrected chi connectivity index (χ3v) is 2.13. The summed E-state index contributed by atoms with van der Waals surface area (Å²) in [6.45, 7) is 2.63. The predicted molar refractivity (Wildman–Crippen MR) is 64.2 cm³/mol. The molecule has 0 aliphatic carbocycles. The van der Waals surface area contributed by atoms with Gasteiger partial charge in [0.05, 0.1) is 24.3 Å². The summed E-state index contributed by atoms with van der Waals surface area (Å²) >= 11 is 0. The van der Waals surface area contributed by atoms with Crippen molar-refractivity contribution >= 4 is 6.08 Å². The Labute approximate surface area is 95.0 Å². The van der Waals surface area contributed by atoms with E-state index in [1.807, 2.05) is 60.3 Å². The van der Waals surface area contributed by atoms with E-state index >= 15 is 0 Å². The number of aromatic nitrogens is 2. The molecule has 0 unspecified atom stereocenters. The highest BCUT2D eigenvalue weighted by molar-refractivity contribution is 5.43. The molecule has 16 heavy (non-hydrogen) atoms. The third-order valence-electron chi connectivity index (χ3n) is 2.13. The summed E-state index contributed by atoms with van der Waals surface area (Å²) in [5.41, 5.74) is 1.94. The van der Waals surface area contributed by atoms with E-state index in [2.05, 4.69) is 5.10 Å². The summed E-state index contributed by atoms with van der Waals surface area (Å²) in [7, 11) is 0. The van der Waals surface area contributed by atoms with Crippen LogP contribution in [0.15, 0.2) is 48.9 Å². The average molecular weight is 214 g/mol. The lowest BCUT2D eigenvalue weighted by molar-refractivity contribution is 0.272. The van der Waals surface area contributed by atoms with Gasteiger partial charge in [-0.25, -0.2) is 4.68 Å². The minimum absolute atomic E-state index is 0.676. The molecule has 0 atom stereocenters. The van der Waals surface area contributed by atoms with Gasteiger partial charge in [-0.15, -0.1) is 0 Å². The summed E-state index contributed by atoms with van der Waals surface area (Å²) in [6.07, 6.45) is 5.45. The predicted octanol–water partition coefficient (Wildman–Crippen LogP) is 2.88. The Morgan fingerprint density at radius 3 is 2.81 bits per heavy atom. The minimum atomic E-state index is 0.676. The molecule has 0 saturated heterocycles. The summed E-state index contributed by atoms with van der Waals surface area (Å²) in [5.74, 6) is 0. The lowest BCUT2D eigenvalue weighted by Gasteiger charge is -1.98. The maximum atomic E-state index is 5.12. The standard InChI is InChI=1S/C13H14N2O/c1-2-16-11-9-12-8-10-15(14-12)13-6-4-3-5-7-13/h3-11H,2H2,1H3. The Morgan fingerprint density at radius 2 is 2.06 bits per heavy atom. The van der Waals surface area contributed by atoms with Crippen LogP contribution in [-0.4, -0.2) is 16.4 Å². The first kappa shape index (κ1) is 10.5. The van der Waals surface area contributed by atoms with Gasteiger partial charge in [0, 0.05) is 12.3 Å². The molecule has 0 bridgehead atoms. The Balaban J connectivity index is 2.14. The number of hydrogen-bond acceptors (Lipinski definition) is 2. The molecule has 0 aliphatic heterocycles. The fourth-order valence-corrected chi connectivity index (χ4v) is 1.37. The van der Waals surface area contributed by atoms with Crippen molar-refractivity contribution in [1.82, 2.24) is 9.78 Å². The van der Waals surface area contributed by atoms with E-state index in [-0.39, 0.29) is 0 Å². The number of hydrogen-bond donors (Lipinski definition) is 0. The second-order valence-electron chi connectivity index (χ2n) is 3.28. The zero-order valence-electron chi connectivity index (χ0n) is 9.21. The second kappa shape index (κ2) is 5.16. The molecule has 0 aliphatic rings. The summed E-state index contributed by atoms with van der Waals surface area (Å²) in [4.78, 5) is 0. The largest absolute Gasteiger partial charge is 0.501 e. The van der Waals surface area contributed by atoms with Crippen LogP contribution in [0, 0.1) is 0 Å². The van der Waals surface area contributed by atoms with Crippen LogP contribution < -0.4 is 0 Å². The normalized spacial score (nSPS) is 10.8. The van der Waals surface area contributed by atoms with Crippen LogP contribution in [0.5, 0.6) is 0 Å². The number of para-hydroxylation sites is 1. The zero-order chi connectivity index (χ0) is 11.2. The topological polar surface area (TPSA) is 27.1 Å². The van der Waals surface area contributed by atoms with Crippen molar-refractivity contribution < 1.29 is 4.74 Å². The van der Waals surface area contributed by atoms with E-state index in [0.717, 1.165) is 11.4 Å². The molecule has 2 rings (SSSR count). The molecule has 3 heteroatoms. The molecule has 0 fully saturated rings. The second-order valence-corrected chi connectivity index (χ2v) is 3.28. The summed E-state index contributed by atoms with van der Waals surface area (Å²) in [5, 5.41) is 4.40. The Hall–Kier alpha value is -2.03. The van der Waals surface area contributed by atoms with Gasteiger partial charge in [-0.2, -0.15) is 5.10 Å². The first-order valence-electron chi connectivity index (χ1n) is 5.29. The van der Waals surface area contributed by atoms with E-state index in [1.54, 1.807) is 6.26 Å². The van der Waals surface area contributed by atoms with Crippen molar-refractivity contribution in [3.63, 3.8) is 0 Å². The van der Waals surface area contributed by atoms with Crippen LogP contribution in [-0.2, 0) is 4.74 Å². The molecule has 0 radical (unpaired) electrons. The van der Waals surface area contributed by atoms with Gasteiger partial charge >= 0.3 is 0 Å². The molecule has 1 aromatic carbocycles. The van der Waals surface area contributed by atoms with Gasteiger partial charge < -0.3 is 4.74 Å². The highest BCUT2D eigenvalue weighted by atomic mass is 16.5. The zero-order valence-corrected chi connectivity index (χ0v) is 9.21. The fourth-order valence-electron chi connectivity index (χ4n) is 1.37. The van der Waals surface area contributed by atoms with E-state index in [0.29, 0.717) is 6.61 Å². The molecule has 0 amide bonds.